The highest BCUT2D eigenvalue weighted by atomic mass is 16.5. The van der Waals surface area contributed by atoms with E-state index in [1.807, 2.05) is 7.05 Å². The van der Waals surface area contributed by atoms with Gasteiger partial charge < -0.3 is 10.1 Å². The first-order valence-electron chi connectivity index (χ1n) is 7.55. The highest BCUT2D eigenvalue weighted by Gasteiger charge is 2.19. The van der Waals surface area contributed by atoms with Crippen LogP contribution in [0, 0.1) is 0 Å². The molecule has 2 aromatic rings. The van der Waals surface area contributed by atoms with Gasteiger partial charge in [0, 0.05) is 12.6 Å². The van der Waals surface area contributed by atoms with Crippen molar-refractivity contribution in [2.24, 2.45) is 0 Å². The maximum absolute atomic E-state index is 5.87. The van der Waals surface area contributed by atoms with Gasteiger partial charge in [0.25, 0.3) is 0 Å². The lowest BCUT2D eigenvalue weighted by molar-refractivity contribution is 0.0340. The molecule has 2 nitrogen and oxygen atoms in total. The Balaban J connectivity index is 2.25. The van der Waals surface area contributed by atoms with E-state index < -0.39 is 0 Å². The number of nitrogens with one attached hydrogen (secondary N) is 1. The monoisotopic (exact) mass is 271 g/mol. The van der Waals surface area contributed by atoms with E-state index in [4.69, 9.17) is 4.74 Å². The zero-order chi connectivity index (χ0) is 14.4. The van der Waals surface area contributed by atoms with E-state index >= 15 is 0 Å². The molecule has 0 amide bonds. The molecule has 0 aromatic heterocycles. The van der Waals surface area contributed by atoms with Crippen LogP contribution in [-0.2, 0) is 11.2 Å². The average molecular weight is 271 g/mol. The van der Waals surface area contributed by atoms with Gasteiger partial charge in [0.2, 0.25) is 0 Å². The van der Waals surface area contributed by atoms with Gasteiger partial charge in [-0.05, 0) is 43.1 Å². The summed E-state index contributed by atoms with van der Waals surface area (Å²) in [5.41, 5.74) is 1.39. The van der Waals surface area contributed by atoms with Gasteiger partial charge in [-0.15, -0.1) is 0 Å². The Labute approximate surface area is 122 Å². The highest BCUT2D eigenvalue weighted by molar-refractivity contribution is 5.85. The Kier molecular flexibility index (Phi) is 5.57. The molecular weight excluding hydrogens is 246 g/mol. The fraction of sp³-hybridized carbons (Fsp3) is 0.444. The van der Waals surface area contributed by atoms with Gasteiger partial charge in [-0.3, -0.25) is 0 Å². The lowest BCUT2D eigenvalue weighted by atomic mass is 9.95. The Hall–Kier alpha value is -1.38. The SMILES string of the molecule is CCOC(CC)C(Cc1cccc2ccccc12)NC. The van der Waals surface area contributed by atoms with Crippen LogP contribution in [0.4, 0.5) is 0 Å². The van der Waals surface area contributed by atoms with Crippen molar-refractivity contribution in [3.8, 4) is 0 Å². The summed E-state index contributed by atoms with van der Waals surface area (Å²) in [6.07, 6.45) is 2.30. The largest absolute Gasteiger partial charge is 0.377 e. The zero-order valence-electron chi connectivity index (χ0n) is 12.7. The van der Waals surface area contributed by atoms with Gasteiger partial charge in [0.15, 0.2) is 0 Å². The van der Waals surface area contributed by atoms with Crippen LogP contribution < -0.4 is 5.32 Å². The highest BCUT2D eigenvalue weighted by Crippen LogP contribution is 2.21. The van der Waals surface area contributed by atoms with Crippen LogP contribution in [0.25, 0.3) is 10.8 Å². The first-order valence-corrected chi connectivity index (χ1v) is 7.55. The van der Waals surface area contributed by atoms with E-state index in [0.29, 0.717) is 6.04 Å². The second kappa shape index (κ2) is 7.41. The van der Waals surface area contributed by atoms with Crippen molar-refractivity contribution in [1.29, 1.82) is 0 Å². The molecule has 20 heavy (non-hydrogen) atoms. The van der Waals surface area contributed by atoms with E-state index in [1.165, 1.54) is 16.3 Å². The molecule has 0 radical (unpaired) electrons. The molecule has 0 aliphatic carbocycles. The molecule has 2 unspecified atom stereocenters. The van der Waals surface area contributed by atoms with Crippen molar-refractivity contribution < 1.29 is 4.74 Å². The molecular formula is C18H25NO. The number of hydrogen-bond acceptors (Lipinski definition) is 2. The van der Waals surface area contributed by atoms with E-state index in [2.05, 4.69) is 61.6 Å². The van der Waals surface area contributed by atoms with E-state index in [1.54, 1.807) is 0 Å². The predicted octanol–water partition coefficient (Wildman–Crippen LogP) is 3.79. The quantitative estimate of drug-likeness (QED) is 0.827. The van der Waals surface area contributed by atoms with Gasteiger partial charge in [0.05, 0.1) is 6.10 Å². The van der Waals surface area contributed by atoms with Crippen LogP contribution in [0.15, 0.2) is 42.5 Å². The maximum atomic E-state index is 5.87. The third kappa shape index (κ3) is 3.38. The second-order valence-electron chi connectivity index (χ2n) is 5.14. The molecule has 0 saturated heterocycles. The molecule has 0 heterocycles. The van der Waals surface area contributed by atoms with Gasteiger partial charge >= 0.3 is 0 Å². The maximum Gasteiger partial charge on any atom is 0.0728 e. The van der Waals surface area contributed by atoms with Crippen molar-refractivity contribution in [1.82, 2.24) is 5.32 Å². The number of fused-ring (bicyclic) bond motifs is 1. The third-order valence-corrected chi connectivity index (χ3v) is 3.92. The fourth-order valence-corrected chi connectivity index (χ4v) is 2.86. The molecule has 0 spiro atoms. The van der Waals surface area contributed by atoms with E-state index in [9.17, 15) is 0 Å². The Bertz CT molecular complexity index is 532. The van der Waals surface area contributed by atoms with Gasteiger partial charge in [-0.1, -0.05) is 49.4 Å². The summed E-state index contributed by atoms with van der Waals surface area (Å²) in [5, 5.41) is 6.08. The third-order valence-electron chi connectivity index (χ3n) is 3.92. The number of rotatable bonds is 7. The minimum atomic E-state index is 0.268. The van der Waals surface area contributed by atoms with Gasteiger partial charge in [0.1, 0.15) is 0 Å². The molecule has 0 aliphatic heterocycles. The summed E-state index contributed by atoms with van der Waals surface area (Å²) >= 11 is 0. The average Bonchev–Trinajstić information content (AvgIpc) is 2.50. The first-order chi connectivity index (χ1) is 9.80. The smallest absolute Gasteiger partial charge is 0.0728 e. The summed E-state index contributed by atoms with van der Waals surface area (Å²) in [6, 6.07) is 15.5. The minimum absolute atomic E-state index is 0.268. The van der Waals surface area contributed by atoms with E-state index in [0.717, 1.165) is 19.4 Å². The van der Waals surface area contributed by atoms with Crippen molar-refractivity contribution in [3.63, 3.8) is 0 Å². The van der Waals surface area contributed by atoms with Crippen molar-refractivity contribution in [3.05, 3.63) is 48.0 Å². The number of likely N-dealkylation sites (N-methyl/N-ethyl adjacent to an activating group) is 1. The predicted molar refractivity (Wildman–Crippen MR) is 86.2 cm³/mol. The Morgan fingerprint density at radius 3 is 2.50 bits per heavy atom. The standard InChI is InChI=1S/C18H25NO/c1-4-18(20-5-2)17(19-3)13-15-11-8-10-14-9-6-7-12-16(14)15/h6-12,17-19H,4-5,13H2,1-3H3. The van der Waals surface area contributed by atoms with E-state index in [-0.39, 0.29) is 6.10 Å². The van der Waals surface area contributed by atoms with Gasteiger partial charge in [-0.25, -0.2) is 0 Å². The Morgan fingerprint density at radius 2 is 1.80 bits per heavy atom. The van der Waals surface area contributed by atoms with Gasteiger partial charge in [-0.2, -0.15) is 0 Å². The molecule has 0 saturated carbocycles. The van der Waals surface area contributed by atoms with Crippen LogP contribution in [0.3, 0.4) is 0 Å². The molecule has 2 aromatic carbocycles. The summed E-state index contributed by atoms with van der Waals surface area (Å²) in [5.74, 6) is 0. The number of ether oxygens (including phenoxy) is 1. The first kappa shape index (κ1) is 15.0. The van der Waals surface area contributed by atoms with Crippen molar-refractivity contribution in [2.75, 3.05) is 13.7 Å². The van der Waals surface area contributed by atoms with Crippen LogP contribution in [0.1, 0.15) is 25.8 Å². The molecule has 2 rings (SSSR count). The molecule has 2 atom stereocenters. The molecule has 0 aliphatic rings. The summed E-state index contributed by atoms with van der Waals surface area (Å²) in [4.78, 5) is 0. The Morgan fingerprint density at radius 1 is 1.05 bits per heavy atom. The molecule has 1 N–H and O–H groups in total. The topological polar surface area (TPSA) is 21.3 Å². The van der Waals surface area contributed by atoms with Crippen molar-refractivity contribution >= 4 is 10.8 Å². The fourth-order valence-electron chi connectivity index (χ4n) is 2.86. The lowest BCUT2D eigenvalue weighted by Gasteiger charge is -2.26. The molecule has 0 bridgehead atoms. The lowest BCUT2D eigenvalue weighted by Crippen LogP contribution is -2.40. The van der Waals surface area contributed by atoms with Crippen LogP contribution in [-0.4, -0.2) is 25.8 Å². The minimum Gasteiger partial charge on any atom is -0.377 e. The second-order valence-corrected chi connectivity index (χ2v) is 5.14. The van der Waals surface area contributed by atoms with Crippen LogP contribution >= 0.6 is 0 Å². The summed E-state index contributed by atoms with van der Waals surface area (Å²) in [7, 11) is 2.03. The van der Waals surface area contributed by atoms with Crippen LogP contribution in [0.2, 0.25) is 0 Å². The normalized spacial score (nSPS) is 14.3. The number of hydrogen-bond donors (Lipinski definition) is 1. The number of benzene rings is 2. The molecule has 2 heteroatoms. The molecule has 108 valence electrons. The summed E-state index contributed by atoms with van der Waals surface area (Å²) < 4.78 is 5.87. The van der Waals surface area contributed by atoms with Crippen LogP contribution in [0.5, 0.6) is 0 Å². The zero-order valence-corrected chi connectivity index (χ0v) is 12.7. The molecule has 0 fully saturated rings. The summed E-state index contributed by atoms with van der Waals surface area (Å²) in [6.45, 7) is 5.02. The van der Waals surface area contributed by atoms with Crippen molar-refractivity contribution in [2.45, 2.75) is 38.8 Å².